The van der Waals surface area contributed by atoms with Crippen LogP contribution in [0.3, 0.4) is 0 Å². The van der Waals surface area contributed by atoms with E-state index in [9.17, 15) is 68.1 Å². The van der Waals surface area contributed by atoms with Crippen molar-refractivity contribution in [1.82, 2.24) is 57.4 Å². The van der Waals surface area contributed by atoms with Crippen LogP contribution in [0.25, 0.3) is 0 Å². The largest absolute Gasteiger partial charge is 0.508 e. The number of aliphatic carboxylic acids is 1. The average Bonchev–Trinajstić information content (AvgIpc) is 4.42. The zero-order valence-electron chi connectivity index (χ0n) is 51.2. The number of aliphatic hydroxyl groups excluding tert-OH is 1. The third kappa shape index (κ3) is 23.5. The quantitative estimate of drug-likeness (QED) is 0.0159. The molecule has 3 aromatic rings. The summed E-state index contributed by atoms with van der Waals surface area (Å²) in [4.78, 5) is 163. The van der Waals surface area contributed by atoms with Gasteiger partial charge in [0.05, 0.1) is 24.9 Å². The van der Waals surface area contributed by atoms with Crippen molar-refractivity contribution in [2.24, 2.45) is 45.7 Å². The molecule has 30 nitrogen and oxygen atoms in total. The molecule has 0 unspecified atom stereocenters. The Labute approximate surface area is 516 Å². The average molecular weight is 1250 g/mol. The summed E-state index contributed by atoms with van der Waals surface area (Å²) in [6, 6.07) is 0.375. The number of primary amides is 1. The van der Waals surface area contributed by atoms with E-state index in [-0.39, 0.29) is 75.7 Å². The first-order chi connectivity index (χ1) is 41.9. The van der Waals surface area contributed by atoms with Gasteiger partial charge in [-0.05, 0) is 80.0 Å². The smallest absolute Gasteiger partial charge is 0.326 e. The maximum absolute atomic E-state index is 14.9. The molecule has 89 heavy (non-hydrogen) atoms. The van der Waals surface area contributed by atoms with Gasteiger partial charge in [-0.3, -0.25) is 52.9 Å². The van der Waals surface area contributed by atoms with Crippen molar-refractivity contribution >= 4 is 71.0 Å². The molecule has 0 aliphatic carbocycles. The number of amides is 10. The number of aliphatic hydroxyl groups is 1. The molecule has 1 aliphatic rings. The van der Waals surface area contributed by atoms with Crippen LogP contribution in [0.4, 0.5) is 0 Å². The Morgan fingerprint density at radius 1 is 0.640 bits per heavy atom. The van der Waals surface area contributed by atoms with Gasteiger partial charge in [-0.15, -0.1) is 0 Å². The molecule has 0 spiro atoms. The highest BCUT2D eigenvalue weighted by Gasteiger charge is 2.42. The van der Waals surface area contributed by atoms with Crippen molar-refractivity contribution in [3.8, 4) is 5.75 Å². The summed E-state index contributed by atoms with van der Waals surface area (Å²) in [6.45, 7) is 11.3. The Hall–Kier alpha value is -9.19. The number of phenols is 1. The normalized spacial score (nSPS) is 16.4. The molecule has 0 radical (unpaired) electrons. The Balaban J connectivity index is 1.61. The minimum atomic E-state index is -1.64. The number of nitrogens with two attached hydrogens (primary N) is 4. The number of H-pyrrole nitrogens is 1. The monoisotopic (exact) mass is 1240 g/mol. The van der Waals surface area contributed by atoms with E-state index in [1.54, 1.807) is 71.9 Å². The first-order valence-electron chi connectivity index (χ1n) is 29.5. The Kier molecular flexibility index (Phi) is 28.4. The summed E-state index contributed by atoms with van der Waals surface area (Å²) >= 11 is 0. The summed E-state index contributed by atoms with van der Waals surface area (Å²) in [5.74, 6) is -11.6. The van der Waals surface area contributed by atoms with Gasteiger partial charge in [0.25, 0.3) is 0 Å². The molecule has 4 rings (SSSR count). The van der Waals surface area contributed by atoms with Crippen LogP contribution in [0.2, 0.25) is 0 Å². The number of carbonyl (C=O) groups excluding carboxylic acids is 10. The number of aromatic hydroxyl groups is 1. The van der Waals surface area contributed by atoms with Gasteiger partial charge in [-0.2, -0.15) is 0 Å². The van der Waals surface area contributed by atoms with Crippen LogP contribution in [0, 0.1) is 17.8 Å². The fraction of sp³-hybridized carbons (Fsp3) is 0.542. The Bertz CT molecular complexity index is 2920. The van der Waals surface area contributed by atoms with E-state index < -0.39 is 150 Å². The lowest BCUT2D eigenvalue weighted by Gasteiger charge is -2.32. The van der Waals surface area contributed by atoms with Crippen molar-refractivity contribution in [2.75, 3.05) is 13.1 Å². The molecule has 20 N–H and O–H groups in total. The van der Waals surface area contributed by atoms with Crippen LogP contribution >= 0.6 is 0 Å². The molecule has 0 bridgehead atoms. The zero-order valence-corrected chi connectivity index (χ0v) is 51.2. The highest BCUT2D eigenvalue weighted by atomic mass is 16.4. The second kappa shape index (κ2) is 35.0. The molecule has 488 valence electrons. The SMILES string of the molecule is CC(C)C[C@H](NC(=O)[C@@H](NC(=O)[C@H](Cc1ccccc1)NC(=O)[C@@H]1CCCN1C(=O)[C@H](Cc1cnc[nH]1)NC(=O)[C@@H](NC(=O)[C@H](Cc1ccc(O)cc1)NC(=O)[C@@H](NC(=O)[C@H](CCCN=C(N)N)NC(=O)[C@@H](N)CC(N)=O)C(C)C)C(C)C)[C@@H](C)O)C(=O)O. The molecular weight excluding hydrogens is 1160 g/mol. The fourth-order valence-electron chi connectivity index (χ4n) is 9.80. The van der Waals surface area contributed by atoms with Gasteiger partial charge in [-0.25, -0.2) is 9.78 Å². The number of guanidine groups is 1. The van der Waals surface area contributed by atoms with E-state index in [0.29, 0.717) is 23.2 Å². The number of rotatable bonds is 35. The van der Waals surface area contributed by atoms with E-state index >= 15 is 0 Å². The van der Waals surface area contributed by atoms with E-state index in [0.717, 1.165) is 0 Å². The molecule has 11 atom stereocenters. The van der Waals surface area contributed by atoms with Crippen molar-refractivity contribution in [3.05, 3.63) is 83.9 Å². The molecule has 0 saturated carbocycles. The van der Waals surface area contributed by atoms with E-state index in [4.69, 9.17) is 22.9 Å². The highest BCUT2D eigenvalue weighted by molar-refractivity contribution is 5.99. The van der Waals surface area contributed by atoms with Crippen molar-refractivity contribution < 1.29 is 68.1 Å². The molecule has 2 heterocycles. The summed E-state index contributed by atoms with van der Waals surface area (Å²) in [6.07, 6.45) is 0.857. The van der Waals surface area contributed by atoms with Crippen LogP contribution in [-0.2, 0) is 72.0 Å². The first kappa shape index (κ1) is 72.3. The Morgan fingerprint density at radius 2 is 1.16 bits per heavy atom. The molecule has 2 aromatic carbocycles. The number of hydrogen-bond donors (Lipinski definition) is 16. The minimum Gasteiger partial charge on any atom is -0.508 e. The van der Waals surface area contributed by atoms with Crippen molar-refractivity contribution in [2.45, 2.75) is 173 Å². The second-order valence-electron chi connectivity index (χ2n) is 23.2. The number of benzene rings is 2. The lowest BCUT2D eigenvalue weighted by Crippen LogP contribution is -2.62. The van der Waals surface area contributed by atoms with Crippen LogP contribution in [0.5, 0.6) is 5.75 Å². The lowest BCUT2D eigenvalue weighted by molar-refractivity contribution is -0.143. The van der Waals surface area contributed by atoms with Gasteiger partial charge >= 0.3 is 5.97 Å². The van der Waals surface area contributed by atoms with E-state index in [2.05, 4.69) is 57.5 Å². The van der Waals surface area contributed by atoms with Crippen LogP contribution < -0.4 is 65.5 Å². The third-order valence-electron chi connectivity index (χ3n) is 14.6. The fourth-order valence-corrected chi connectivity index (χ4v) is 9.80. The summed E-state index contributed by atoms with van der Waals surface area (Å²) in [5.41, 5.74) is 23.5. The van der Waals surface area contributed by atoms with Gasteiger partial charge in [0, 0.05) is 44.2 Å². The number of imidazole rings is 1. The number of nitrogens with one attached hydrogen (secondary N) is 9. The molecule has 30 heteroatoms. The van der Waals surface area contributed by atoms with E-state index in [1.165, 1.54) is 48.6 Å². The first-order valence-corrected chi connectivity index (χ1v) is 29.5. The molecule has 1 saturated heterocycles. The predicted molar refractivity (Wildman–Crippen MR) is 325 cm³/mol. The van der Waals surface area contributed by atoms with E-state index in [1.807, 2.05) is 0 Å². The van der Waals surface area contributed by atoms with Gasteiger partial charge < -0.3 is 90.7 Å². The van der Waals surface area contributed by atoms with Crippen molar-refractivity contribution in [3.63, 3.8) is 0 Å². The number of nitrogens with zero attached hydrogens (tertiary/aromatic N) is 3. The van der Waals surface area contributed by atoms with Crippen molar-refractivity contribution in [1.29, 1.82) is 0 Å². The number of aromatic nitrogens is 2. The number of carbonyl (C=O) groups is 11. The van der Waals surface area contributed by atoms with Gasteiger partial charge in [0.1, 0.15) is 60.1 Å². The molecule has 1 aromatic heterocycles. The number of carboxylic acid groups (broad SMARTS) is 1. The van der Waals surface area contributed by atoms with Crippen LogP contribution in [-0.4, -0.2) is 181 Å². The minimum absolute atomic E-state index is 0.0356. The second-order valence-corrected chi connectivity index (χ2v) is 23.2. The number of likely N-dealkylation sites (tertiary alicyclic amines) is 1. The van der Waals surface area contributed by atoms with Gasteiger partial charge in [0.15, 0.2) is 5.96 Å². The molecule has 1 fully saturated rings. The predicted octanol–water partition coefficient (Wildman–Crippen LogP) is -2.91. The Morgan fingerprint density at radius 3 is 1.67 bits per heavy atom. The summed E-state index contributed by atoms with van der Waals surface area (Å²) in [5, 5.41) is 51.5. The summed E-state index contributed by atoms with van der Waals surface area (Å²) < 4.78 is 0. The maximum atomic E-state index is 14.9. The summed E-state index contributed by atoms with van der Waals surface area (Å²) in [7, 11) is 0. The molecule has 10 amide bonds. The highest BCUT2D eigenvalue weighted by Crippen LogP contribution is 2.22. The van der Waals surface area contributed by atoms with Gasteiger partial charge in [0.2, 0.25) is 59.1 Å². The van der Waals surface area contributed by atoms with Crippen LogP contribution in [0.1, 0.15) is 104 Å². The molecular formula is C59H88N16O14. The lowest BCUT2D eigenvalue weighted by atomic mass is 9.98. The number of aliphatic imine (C=N–C) groups is 1. The number of aromatic amines is 1. The maximum Gasteiger partial charge on any atom is 0.326 e. The van der Waals surface area contributed by atoms with Gasteiger partial charge in [-0.1, -0.05) is 84.0 Å². The third-order valence-corrected chi connectivity index (χ3v) is 14.6. The standard InChI is InChI=1S/C59H88N16O14/c1-30(2)23-43(58(88)89)71-56(86)48(33(7)76)74-52(82)40(24-34-13-9-8-10-14-34)68-53(83)44-16-12-22-75(44)57(87)42(26-36-28-64-29-66-36)70-55(85)47(32(5)6)73-51(81)41(25-35-17-19-37(77)20-18-35)69-54(84)46(31(3)4)72-50(80)39(15-11-21-65-59(62)63)67-49(79)38(60)27-45(61)78/h8-10,13-14,17-20,28-33,38-44,46-48,76-77H,11-12,15-16,21-27,60H2,1-7H3,(H2,61,78)(H,64,66)(H,67,79)(H,68,83)(H,69,84)(H,70,85)(H,71,86)(H,72,80)(H,73,81)(H,74,82)(H,88,89)(H4,62,63,65)/t33-,38+,39+,40+,41+,42+,43+,44+,46+,47+,48+/m1/s1. The molecule has 1 aliphatic heterocycles. The topological polar surface area (TPSA) is 493 Å². The number of phenolic OH excluding ortho intramolecular Hbond substituents is 1. The zero-order chi connectivity index (χ0) is 66.2. The van der Waals surface area contributed by atoms with Crippen LogP contribution in [0.15, 0.2) is 72.1 Å². The number of carboxylic acids is 1. The number of hydrogen-bond acceptors (Lipinski definition) is 16.